The number of aromatic nitrogens is 2. The van der Waals surface area contributed by atoms with Crippen LogP contribution in [-0.4, -0.2) is 20.6 Å². The molecule has 0 fully saturated rings. The molecule has 0 radical (unpaired) electrons. The number of oxime groups is 1. The number of amidine groups is 1. The molecule has 0 saturated carbocycles. The van der Waals surface area contributed by atoms with Crippen molar-refractivity contribution in [1.82, 2.24) is 9.55 Å². The maximum absolute atomic E-state index is 8.54. The minimum absolute atomic E-state index is 0.0137. The Labute approximate surface area is 89.6 Å². The molecule has 0 aliphatic rings. The molecule has 0 aliphatic carbocycles. The van der Waals surface area contributed by atoms with Crippen LogP contribution in [-0.2, 0) is 13.0 Å². The number of imidazole rings is 1. The molecule has 3 N–H and O–H groups in total. The predicted octanol–water partition coefficient (Wildman–Crippen LogP) is 1.22. The normalized spacial score (nSPS) is 14.1. The average Bonchev–Trinajstić information content (AvgIpc) is 2.65. The molecule has 84 valence electrons. The van der Waals surface area contributed by atoms with Gasteiger partial charge in [0.25, 0.3) is 0 Å². The van der Waals surface area contributed by atoms with Gasteiger partial charge in [-0.15, -0.1) is 0 Å². The van der Waals surface area contributed by atoms with Crippen molar-refractivity contribution in [3.8, 4) is 0 Å². The molecule has 0 bridgehead atoms. The Morgan fingerprint density at radius 1 is 1.73 bits per heavy atom. The summed E-state index contributed by atoms with van der Waals surface area (Å²) >= 11 is 0. The molecular weight excluding hydrogens is 192 g/mol. The fourth-order valence-corrected chi connectivity index (χ4v) is 1.45. The third-order valence-electron chi connectivity index (χ3n) is 2.37. The van der Waals surface area contributed by atoms with Gasteiger partial charge in [0.15, 0.2) is 0 Å². The molecule has 1 aromatic rings. The van der Waals surface area contributed by atoms with Gasteiger partial charge in [0.2, 0.25) is 0 Å². The lowest BCUT2D eigenvalue weighted by Gasteiger charge is -2.12. The van der Waals surface area contributed by atoms with Crippen LogP contribution in [0.4, 0.5) is 0 Å². The topological polar surface area (TPSA) is 76.4 Å². The van der Waals surface area contributed by atoms with E-state index in [2.05, 4.69) is 17.1 Å². The maximum Gasteiger partial charge on any atom is 0.143 e. The number of nitrogens with two attached hydrogens (primary N) is 1. The van der Waals surface area contributed by atoms with Gasteiger partial charge >= 0.3 is 0 Å². The highest BCUT2D eigenvalue weighted by Gasteiger charge is 2.10. The van der Waals surface area contributed by atoms with Crippen LogP contribution in [0.5, 0.6) is 0 Å². The second-order valence-electron chi connectivity index (χ2n) is 3.67. The summed E-state index contributed by atoms with van der Waals surface area (Å²) in [6, 6.07) is 0. The molecule has 5 heteroatoms. The highest BCUT2D eigenvalue weighted by atomic mass is 16.4. The first kappa shape index (κ1) is 11.6. The lowest BCUT2D eigenvalue weighted by atomic mass is 10.1. The van der Waals surface area contributed by atoms with E-state index >= 15 is 0 Å². The van der Waals surface area contributed by atoms with Crippen molar-refractivity contribution in [3.63, 3.8) is 0 Å². The molecule has 1 atom stereocenters. The number of hydrogen-bond donors (Lipinski definition) is 2. The third kappa shape index (κ3) is 2.97. The molecule has 0 spiro atoms. The van der Waals surface area contributed by atoms with Gasteiger partial charge in [0, 0.05) is 31.3 Å². The van der Waals surface area contributed by atoms with Gasteiger partial charge < -0.3 is 15.5 Å². The van der Waals surface area contributed by atoms with Crippen molar-refractivity contribution in [1.29, 1.82) is 0 Å². The summed E-state index contributed by atoms with van der Waals surface area (Å²) in [5.74, 6) is 1.32. The summed E-state index contributed by atoms with van der Waals surface area (Å²) in [6.07, 6.45) is 5.72. The molecule has 1 unspecified atom stereocenters. The summed E-state index contributed by atoms with van der Waals surface area (Å²) < 4.78 is 2.05. The van der Waals surface area contributed by atoms with Gasteiger partial charge in [-0.1, -0.05) is 19.0 Å². The minimum Gasteiger partial charge on any atom is -0.409 e. The lowest BCUT2D eigenvalue weighted by molar-refractivity contribution is 0.313. The van der Waals surface area contributed by atoms with E-state index < -0.39 is 0 Å². The van der Waals surface area contributed by atoms with Gasteiger partial charge in [-0.25, -0.2) is 4.98 Å². The van der Waals surface area contributed by atoms with E-state index in [1.54, 1.807) is 6.20 Å². The Kier molecular flexibility index (Phi) is 4.15. The van der Waals surface area contributed by atoms with E-state index in [0.717, 1.165) is 18.7 Å². The lowest BCUT2D eigenvalue weighted by Crippen LogP contribution is -2.25. The van der Waals surface area contributed by atoms with Crippen LogP contribution in [0.15, 0.2) is 17.5 Å². The van der Waals surface area contributed by atoms with E-state index in [1.165, 1.54) is 0 Å². The summed E-state index contributed by atoms with van der Waals surface area (Å²) in [4.78, 5) is 4.26. The zero-order chi connectivity index (χ0) is 11.3. The first-order valence-electron chi connectivity index (χ1n) is 5.16. The summed E-state index contributed by atoms with van der Waals surface area (Å²) in [6.45, 7) is 4.74. The van der Waals surface area contributed by atoms with Crippen molar-refractivity contribution in [2.75, 3.05) is 0 Å². The monoisotopic (exact) mass is 210 g/mol. The Morgan fingerprint density at radius 2 is 2.47 bits per heavy atom. The zero-order valence-electron chi connectivity index (χ0n) is 9.22. The maximum atomic E-state index is 8.54. The van der Waals surface area contributed by atoms with Gasteiger partial charge in [-0.2, -0.15) is 0 Å². The largest absolute Gasteiger partial charge is 0.409 e. The molecular formula is C10H18N4O. The highest BCUT2D eigenvalue weighted by molar-refractivity contribution is 5.81. The number of hydrogen-bond acceptors (Lipinski definition) is 3. The molecule has 15 heavy (non-hydrogen) atoms. The second kappa shape index (κ2) is 5.38. The second-order valence-corrected chi connectivity index (χ2v) is 3.67. The SMILES string of the molecule is CCCc1nccn1CC(C)C(N)=NO. The van der Waals surface area contributed by atoms with Gasteiger partial charge in [0.1, 0.15) is 11.7 Å². The van der Waals surface area contributed by atoms with Crippen LogP contribution in [0, 0.1) is 5.92 Å². The third-order valence-corrected chi connectivity index (χ3v) is 2.37. The first-order chi connectivity index (χ1) is 7.19. The summed E-state index contributed by atoms with van der Waals surface area (Å²) in [7, 11) is 0. The van der Waals surface area contributed by atoms with Crippen LogP contribution < -0.4 is 5.73 Å². The van der Waals surface area contributed by atoms with Crippen molar-refractivity contribution in [2.24, 2.45) is 16.8 Å². The minimum atomic E-state index is 0.0137. The van der Waals surface area contributed by atoms with Crippen molar-refractivity contribution < 1.29 is 5.21 Å². The fourth-order valence-electron chi connectivity index (χ4n) is 1.45. The van der Waals surface area contributed by atoms with Crippen LogP contribution in [0.3, 0.4) is 0 Å². The number of rotatable bonds is 5. The molecule has 0 aromatic carbocycles. The quantitative estimate of drug-likeness (QED) is 0.332. The first-order valence-corrected chi connectivity index (χ1v) is 5.16. The average molecular weight is 210 g/mol. The molecule has 5 nitrogen and oxygen atoms in total. The van der Waals surface area contributed by atoms with Crippen LogP contribution >= 0.6 is 0 Å². The van der Waals surface area contributed by atoms with Crippen LogP contribution in [0.2, 0.25) is 0 Å². The van der Waals surface area contributed by atoms with Crippen LogP contribution in [0.1, 0.15) is 26.1 Å². The highest BCUT2D eigenvalue weighted by Crippen LogP contribution is 2.06. The van der Waals surface area contributed by atoms with E-state index in [-0.39, 0.29) is 11.8 Å². The van der Waals surface area contributed by atoms with Crippen LogP contribution in [0.25, 0.3) is 0 Å². The van der Waals surface area contributed by atoms with E-state index in [1.807, 2.05) is 17.7 Å². The molecule has 0 amide bonds. The van der Waals surface area contributed by atoms with Gasteiger partial charge in [-0.3, -0.25) is 0 Å². The smallest absolute Gasteiger partial charge is 0.143 e. The van der Waals surface area contributed by atoms with E-state index in [9.17, 15) is 0 Å². The van der Waals surface area contributed by atoms with Crippen molar-refractivity contribution in [2.45, 2.75) is 33.2 Å². The molecule has 0 saturated heterocycles. The molecule has 1 heterocycles. The number of nitrogens with zero attached hydrogens (tertiary/aromatic N) is 3. The predicted molar refractivity (Wildman–Crippen MR) is 58.8 cm³/mol. The Balaban J connectivity index is 2.67. The number of aryl methyl sites for hydroxylation is 1. The summed E-state index contributed by atoms with van der Waals surface area (Å²) in [5, 5.41) is 11.5. The fraction of sp³-hybridized carbons (Fsp3) is 0.600. The Bertz CT molecular complexity index is 332. The standard InChI is InChI=1S/C10H18N4O/c1-3-4-9-12-5-6-14(9)7-8(2)10(11)13-15/h5-6,8,15H,3-4,7H2,1-2H3,(H2,11,13). The molecule has 1 aromatic heterocycles. The Hall–Kier alpha value is -1.52. The molecule has 1 rings (SSSR count). The molecule has 0 aliphatic heterocycles. The van der Waals surface area contributed by atoms with E-state index in [0.29, 0.717) is 6.54 Å². The zero-order valence-corrected chi connectivity index (χ0v) is 9.22. The van der Waals surface area contributed by atoms with Crippen molar-refractivity contribution >= 4 is 5.84 Å². The van der Waals surface area contributed by atoms with Gasteiger partial charge in [-0.05, 0) is 6.42 Å². The van der Waals surface area contributed by atoms with Gasteiger partial charge in [0.05, 0.1) is 0 Å². The Morgan fingerprint density at radius 3 is 3.07 bits per heavy atom. The van der Waals surface area contributed by atoms with Crippen molar-refractivity contribution in [3.05, 3.63) is 18.2 Å². The summed E-state index contributed by atoms with van der Waals surface area (Å²) in [5.41, 5.74) is 5.52. The van der Waals surface area contributed by atoms with E-state index in [4.69, 9.17) is 10.9 Å².